The highest BCUT2D eigenvalue weighted by atomic mass is 16.5. The Kier molecular flexibility index (Phi) is 6.90. The van der Waals surface area contributed by atoms with E-state index >= 15 is 0 Å². The van der Waals surface area contributed by atoms with Crippen molar-refractivity contribution in [3.05, 3.63) is 132 Å². The number of ether oxygens (including phenoxy) is 2. The highest BCUT2D eigenvalue weighted by Gasteiger charge is 2.50. The minimum Gasteiger partial charge on any atom is -0.495 e. The van der Waals surface area contributed by atoms with Gasteiger partial charge in [-0.05, 0) is 41.8 Å². The molecular weight excluding hydrogens is 502 g/mol. The maximum absolute atomic E-state index is 14.4. The molecule has 1 fully saturated rings. The Morgan fingerprint density at radius 2 is 1.82 bits per heavy atom. The summed E-state index contributed by atoms with van der Waals surface area (Å²) < 4.78 is 11.5. The van der Waals surface area contributed by atoms with E-state index < -0.39 is 0 Å². The molecule has 7 heteroatoms. The minimum absolute atomic E-state index is 0.0580. The summed E-state index contributed by atoms with van der Waals surface area (Å²) in [5.41, 5.74) is 6.17. The van der Waals surface area contributed by atoms with Gasteiger partial charge in [-0.25, -0.2) is 4.79 Å². The van der Waals surface area contributed by atoms with Crippen molar-refractivity contribution < 1.29 is 23.5 Å². The van der Waals surface area contributed by atoms with Gasteiger partial charge in [0, 0.05) is 23.4 Å². The molecule has 3 aromatic rings. The quantitative estimate of drug-likeness (QED) is 0.408. The van der Waals surface area contributed by atoms with Gasteiger partial charge < -0.3 is 20.1 Å². The summed E-state index contributed by atoms with van der Waals surface area (Å²) in [6.07, 6.45) is 10.7. The smallest absolute Gasteiger partial charge is 0.356 e. The van der Waals surface area contributed by atoms with E-state index in [4.69, 9.17) is 9.47 Å². The molecule has 6 rings (SSSR count). The number of benzene rings is 3. The fraction of sp³-hybridized carbons (Fsp3) is 0.152. The molecule has 2 N–H and O–H groups in total. The lowest BCUT2D eigenvalue weighted by Gasteiger charge is -2.41. The molecule has 3 aromatic carbocycles. The third-order valence-electron chi connectivity index (χ3n) is 7.59. The first-order chi connectivity index (χ1) is 19.6. The summed E-state index contributed by atoms with van der Waals surface area (Å²) in [6.45, 7) is 1.30. The van der Waals surface area contributed by atoms with Gasteiger partial charge in [0.25, 0.3) is 5.91 Å². The van der Waals surface area contributed by atoms with Crippen LogP contribution in [0.25, 0.3) is 11.1 Å². The number of hydrogen-bond acceptors (Lipinski definition) is 5. The number of nitrogens with one attached hydrogen (secondary N) is 2. The summed E-state index contributed by atoms with van der Waals surface area (Å²) in [6, 6.07) is 22.5. The van der Waals surface area contributed by atoms with Gasteiger partial charge in [-0.2, -0.15) is 4.48 Å². The van der Waals surface area contributed by atoms with Crippen molar-refractivity contribution in [2.45, 2.75) is 6.42 Å². The summed E-state index contributed by atoms with van der Waals surface area (Å²) >= 11 is 0. The van der Waals surface area contributed by atoms with Crippen molar-refractivity contribution in [1.29, 1.82) is 0 Å². The number of quaternary nitrogens is 1. The van der Waals surface area contributed by atoms with Crippen LogP contribution in [-0.2, 0) is 4.74 Å². The standard InChI is InChI=1S/C33H29N3O4/c1-39-31-19-24(33(38)36-17-18-40-22-26(36)21-34-20-25-11-5-8-14-30(25)36)15-16-29(31)35-32(37)28-13-7-6-12-27(28)23-9-3-2-4-10-23/h2-10,12-16,19-21,34H,11,17-18,22H2,1H3/p+1. The normalized spacial score (nSPS) is 19.5. The number of rotatable bonds is 5. The monoisotopic (exact) mass is 532 g/mol. The van der Waals surface area contributed by atoms with Gasteiger partial charge in [-0.1, -0.05) is 60.7 Å². The van der Waals surface area contributed by atoms with Crippen molar-refractivity contribution in [1.82, 2.24) is 5.32 Å². The highest BCUT2D eigenvalue weighted by Crippen LogP contribution is 2.40. The van der Waals surface area contributed by atoms with Gasteiger partial charge in [-0.3, -0.25) is 4.79 Å². The summed E-state index contributed by atoms with van der Waals surface area (Å²) in [4.78, 5) is 27.8. The summed E-state index contributed by atoms with van der Waals surface area (Å²) in [5, 5.41) is 6.24. The maximum Gasteiger partial charge on any atom is 0.356 e. The van der Waals surface area contributed by atoms with E-state index in [1.54, 1.807) is 24.3 Å². The van der Waals surface area contributed by atoms with Crippen LogP contribution >= 0.6 is 0 Å². The maximum atomic E-state index is 14.4. The molecule has 2 aliphatic heterocycles. The molecule has 1 unspecified atom stereocenters. The number of morpholine rings is 1. The Morgan fingerprint density at radius 3 is 2.67 bits per heavy atom. The van der Waals surface area contributed by atoms with Crippen LogP contribution in [0.5, 0.6) is 5.75 Å². The fourth-order valence-corrected chi connectivity index (χ4v) is 5.60. The topological polar surface area (TPSA) is 76.7 Å². The van der Waals surface area contributed by atoms with Gasteiger partial charge in [0.1, 0.15) is 18.9 Å². The molecule has 0 saturated carbocycles. The van der Waals surface area contributed by atoms with Crippen LogP contribution < -0.4 is 15.4 Å². The van der Waals surface area contributed by atoms with Crippen LogP contribution in [0.4, 0.5) is 5.69 Å². The lowest BCUT2D eigenvalue weighted by atomic mass is 9.98. The average molecular weight is 533 g/mol. The molecule has 0 bridgehead atoms. The number of carbonyl (C=O) groups excluding carboxylic acids is 2. The second-order valence-corrected chi connectivity index (χ2v) is 9.83. The molecule has 1 saturated heterocycles. The molecular formula is C33H30N3O4+. The fourth-order valence-electron chi connectivity index (χ4n) is 5.60. The highest BCUT2D eigenvalue weighted by molar-refractivity contribution is 6.09. The van der Waals surface area contributed by atoms with Crippen LogP contribution in [0.1, 0.15) is 27.1 Å². The lowest BCUT2D eigenvalue weighted by molar-refractivity contribution is -0.779. The number of hydrogen-bond donors (Lipinski definition) is 2. The summed E-state index contributed by atoms with van der Waals surface area (Å²) in [5.74, 6) is 0.0792. The van der Waals surface area contributed by atoms with E-state index in [1.165, 1.54) is 7.11 Å². The SMILES string of the molecule is COc1cc(C(=O)[N+]23CCOCC2=CNC=C2CC=CC=C23)ccc1NC(=O)c1ccccc1-c1ccccc1. The van der Waals surface area contributed by atoms with Crippen molar-refractivity contribution in [2.75, 3.05) is 32.2 Å². The second-order valence-electron chi connectivity index (χ2n) is 9.83. The number of amides is 2. The largest absolute Gasteiger partial charge is 0.495 e. The Bertz CT molecular complexity index is 1600. The first-order valence-corrected chi connectivity index (χ1v) is 13.3. The Balaban J connectivity index is 1.34. The third-order valence-corrected chi connectivity index (χ3v) is 7.59. The van der Waals surface area contributed by atoms with E-state index in [0.717, 1.165) is 34.5 Å². The number of carbonyl (C=O) groups is 2. The molecule has 200 valence electrons. The van der Waals surface area contributed by atoms with Crippen molar-refractivity contribution in [3.63, 3.8) is 0 Å². The predicted molar refractivity (Wildman–Crippen MR) is 154 cm³/mol. The molecule has 7 nitrogen and oxygen atoms in total. The van der Waals surface area contributed by atoms with Gasteiger partial charge in [0.05, 0.1) is 31.2 Å². The van der Waals surface area contributed by atoms with E-state index in [0.29, 0.717) is 42.3 Å². The predicted octanol–water partition coefficient (Wildman–Crippen LogP) is 5.77. The number of methoxy groups -OCH3 is 1. The molecule has 1 aliphatic carbocycles. The van der Waals surface area contributed by atoms with Crippen molar-refractivity contribution in [3.8, 4) is 16.9 Å². The third kappa shape index (κ3) is 4.45. The van der Waals surface area contributed by atoms with Crippen LogP contribution in [0.2, 0.25) is 0 Å². The molecule has 40 heavy (non-hydrogen) atoms. The first-order valence-electron chi connectivity index (χ1n) is 13.3. The Hall–Kier alpha value is -4.72. The molecule has 3 aliphatic rings. The van der Waals surface area contributed by atoms with Crippen molar-refractivity contribution >= 4 is 17.5 Å². The molecule has 0 radical (unpaired) electrons. The lowest BCUT2D eigenvalue weighted by Crippen LogP contribution is -2.56. The number of fused-ring (bicyclic) bond motifs is 3. The second kappa shape index (κ2) is 10.8. The molecule has 1 atom stereocenters. The number of nitrogens with zero attached hydrogens (tertiary/aromatic N) is 1. The van der Waals surface area contributed by atoms with E-state index in [9.17, 15) is 9.59 Å². The van der Waals surface area contributed by atoms with Gasteiger partial charge in [-0.15, -0.1) is 0 Å². The number of anilines is 1. The van der Waals surface area contributed by atoms with Crippen molar-refractivity contribution in [2.24, 2.45) is 0 Å². The van der Waals surface area contributed by atoms with Crippen LogP contribution in [0, 0.1) is 0 Å². The van der Waals surface area contributed by atoms with Crippen LogP contribution in [-0.4, -0.2) is 43.2 Å². The molecule has 2 amide bonds. The zero-order valence-electron chi connectivity index (χ0n) is 22.2. The van der Waals surface area contributed by atoms with Crippen LogP contribution in [0.15, 0.2) is 120 Å². The first kappa shape index (κ1) is 25.6. The Labute approximate surface area is 233 Å². The van der Waals surface area contributed by atoms with Gasteiger partial charge in [0.15, 0.2) is 11.4 Å². The average Bonchev–Trinajstić information content (AvgIpc) is 3.19. The van der Waals surface area contributed by atoms with Gasteiger partial charge >= 0.3 is 5.91 Å². The van der Waals surface area contributed by atoms with Gasteiger partial charge in [0.2, 0.25) is 0 Å². The number of allylic oxidation sites excluding steroid dienone is 4. The minimum atomic E-state index is -0.260. The molecule has 2 heterocycles. The zero-order chi connectivity index (χ0) is 27.5. The van der Waals surface area contributed by atoms with Crippen LogP contribution in [0.3, 0.4) is 0 Å². The molecule has 0 aromatic heterocycles. The van der Waals surface area contributed by atoms with E-state index in [-0.39, 0.29) is 16.3 Å². The van der Waals surface area contributed by atoms with E-state index in [1.807, 2.05) is 73.1 Å². The Morgan fingerprint density at radius 1 is 1.00 bits per heavy atom. The summed E-state index contributed by atoms with van der Waals surface area (Å²) in [7, 11) is 1.54. The zero-order valence-corrected chi connectivity index (χ0v) is 22.2. The molecule has 0 spiro atoms. The van der Waals surface area contributed by atoms with E-state index in [2.05, 4.69) is 16.7 Å².